The van der Waals surface area contributed by atoms with Gasteiger partial charge >= 0.3 is 0 Å². The van der Waals surface area contributed by atoms with Gasteiger partial charge in [0.2, 0.25) is 0 Å². The summed E-state index contributed by atoms with van der Waals surface area (Å²) in [6.45, 7) is 9.11. The van der Waals surface area contributed by atoms with Crippen LogP contribution in [-0.2, 0) is 0 Å². The van der Waals surface area contributed by atoms with Crippen LogP contribution in [0, 0.1) is 11.8 Å². The highest BCUT2D eigenvalue weighted by Crippen LogP contribution is 2.19. The fourth-order valence-electron chi connectivity index (χ4n) is 2.12. The van der Waals surface area contributed by atoms with Crippen molar-refractivity contribution in [3.63, 3.8) is 0 Å². The summed E-state index contributed by atoms with van der Waals surface area (Å²) >= 11 is 0. The molecule has 0 saturated carbocycles. The normalized spacial score (nSPS) is 16.3. The van der Waals surface area contributed by atoms with Gasteiger partial charge in [-0.1, -0.05) is 40.5 Å². The lowest BCUT2D eigenvalue weighted by molar-refractivity contribution is 0.413. The van der Waals surface area contributed by atoms with Crippen LogP contribution in [0.5, 0.6) is 0 Å². The second-order valence-electron chi connectivity index (χ2n) is 4.82. The zero-order valence-corrected chi connectivity index (χ0v) is 11.4. The van der Waals surface area contributed by atoms with E-state index in [4.69, 9.17) is 0 Å². The van der Waals surface area contributed by atoms with Gasteiger partial charge in [-0.15, -0.1) is 0 Å². The topological polar surface area (TPSA) is 15.6 Å². The number of hydrazone groups is 1. The van der Waals surface area contributed by atoms with Crippen molar-refractivity contribution in [3.05, 3.63) is 0 Å². The van der Waals surface area contributed by atoms with Crippen molar-refractivity contribution < 1.29 is 0 Å². The van der Waals surface area contributed by atoms with Crippen molar-refractivity contribution in [3.8, 4) is 0 Å². The molecule has 0 fully saturated rings. The second kappa shape index (κ2) is 7.72. The van der Waals surface area contributed by atoms with Crippen LogP contribution in [0.25, 0.3) is 0 Å². The van der Waals surface area contributed by atoms with Crippen LogP contribution in [0.1, 0.15) is 53.4 Å². The first kappa shape index (κ1) is 14.5. The summed E-state index contributed by atoms with van der Waals surface area (Å²) in [4.78, 5) is 0. The summed E-state index contributed by atoms with van der Waals surface area (Å²) < 4.78 is 0. The second-order valence-corrected chi connectivity index (χ2v) is 4.82. The molecule has 0 aromatic heterocycles. The molecule has 2 unspecified atom stereocenters. The fourth-order valence-corrected chi connectivity index (χ4v) is 2.12. The van der Waals surface area contributed by atoms with Gasteiger partial charge in [0, 0.05) is 19.8 Å². The third-order valence-corrected chi connectivity index (χ3v) is 2.80. The van der Waals surface area contributed by atoms with Crippen LogP contribution < -0.4 is 0 Å². The van der Waals surface area contributed by atoms with E-state index in [1.807, 2.05) is 19.1 Å². The smallest absolute Gasteiger partial charge is 0.0406 e. The molecule has 0 aliphatic carbocycles. The molecule has 0 saturated heterocycles. The molecule has 0 aromatic rings. The van der Waals surface area contributed by atoms with Gasteiger partial charge in [0.25, 0.3) is 0 Å². The molecule has 0 spiro atoms. The summed E-state index contributed by atoms with van der Waals surface area (Å²) in [6.07, 6.45) is 4.97. The maximum Gasteiger partial charge on any atom is 0.0406 e. The fraction of sp³-hybridized carbons (Fsp3) is 0.923. The maximum atomic E-state index is 4.56. The first-order valence-electron chi connectivity index (χ1n) is 6.25. The zero-order chi connectivity index (χ0) is 11.8. The molecule has 0 rings (SSSR count). The average Bonchev–Trinajstić information content (AvgIpc) is 2.13. The van der Waals surface area contributed by atoms with Crippen molar-refractivity contribution in [2.75, 3.05) is 14.1 Å². The molecule has 2 heteroatoms. The molecule has 0 heterocycles. The molecule has 2 nitrogen and oxygen atoms in total. The van der Waals surface area contributed by atoms with Gasteiger partial charge in [-0.2, -0.15) is 5.10 Å². The lowest BCUT2D eigenvalue weighted by atomic mass is 9.90. The van der Waals surface area contributed by atoms with Crippen molar-refractivity contribution in [2.45, 2.75) is 53.4 Å². The molecule has 0 amide bonds. The van der Waals surface area contributed by atoms with Gasteiger partial charge in [-0.25, -0.2) is 0 Å². The van der Waals surface area contributed by atoms with Gasteiger partial charge in [0.05, 0.1) is 0 Å². The van der Waals surface area contributed by atoms with Gasteiger partial charge in [-0.3, -0.25) is 0 Å². The van der Waals surface area contributed by atoms with Crippen LogP contribution in [0.15, 0.2) is 5.10 Å². The zero-order valence-electron chi connectivity index (χ0n) is 11.4. The van der Waals surface area contributed by atoms with Crippen molar-refractivity contribution >= 4 is 5.71 Å². The Kier molecular flexibility index (Phi) is 7.45. The van der Waals surface area contributed by atoms with E-state index in [2.05, 4.69) is 32.8 Å². The van der Waals surface area contributed by atoms with E-state index in [1.165, 1.54) is 25.0 Å². The Morgan fingerprint density at radius 2 is 1.80 bits per heavy atom. The van der Waals surface area contributed by atoms with Crippen LogP contribution in [0.2, 0.25) is 0 Å². The molecule has 0 N–H and O–H groups in total. The van der Waals surface area contributed by atoms with E-state index in [0.717, 1.165) is 12.3 Å². The Morgan fingerprint density at radius 1 is 1.20 bits per heavy atom. The highest BCUT2D eigenvalue weighted by molar-refractivity contribution is 5.86. The minimum absolute atomic E-state index is 0.624. The highest BCUT2D eigenvalue weighted by Gasteiger charge is 2.13. The summed E-state index contributed by atoms with van der Waals surface area (Å²) in [7, 11) is 4.00. The van der Waals surface area contributed by atoms with Gasteiger partial charge in [0.15, 0.2) is 0 Å². The molecule has 90 valence electrons. The molecule has 0 bridgehead atoms. The molecule has 15 heavy (non-hydrogen) atoms. The van der Waals surface area contributed by atoms with E-state index in [0.29, 0.717) is 5.92 Å². The highest BCUT2D eigenvalue weighted by atomic mass is 15.4. The van der Waals surface area contributed by atoms with Gasteiger partial charge in [-0.05, 0) is 24.7 Å². The number of nitrogens with zero attached hydrogens (tertiary/aromatic N) is 2. The van der Waals surface area contributed by atoms with Crippen LogP contribution >= 0.6 is 0 Å². The number of hydrogen-bond acceptors (Lipinski definition) is 2. The minimum atomic E-state index is 0.624. The Hall–Kier alpha value is -0.530. The lowest BCUT2D eigenvalue weighted by Gasteiger charge is -2.19. The van der Waals surface area contributed by atoms with Crippen molar-refractivity contribution in [1.82, 2.24) is 5.01 Å². The van der Waals surface area contributed by atoms with E-state index >= 15 is 0 Å². The Morgan fingerprint density at radius 3 is 2.20 bits per heavy atom. The maximum absolute atomic E-state index is 4.56. The molecule has 2 atom stereocenters. The van der Waals surface area contributed by atoms with Crippen molar-refractivity contribution in [2.24, 2.45) is 16.9 Å². The summed E-state index contributed by atoms with van der Waals surface area (Å²) in [5.41, 5.74) is 1.34. The van der Waals surface area contributed by atoms with Gasteiger partial charge < -0.3 is 5.01 Å². The van der Waals surface area contributed by atoms with Crippen LogP contribution in [-0.4, -0.2) is 24.8 Å². The Bertz CT molecular complexity index is 185. The first-order valence-corrected chi connectivity index (χ1v) is 6.25. The van der Waals surface area contributed by atoms with E-state index in [1.54, 1.807) is 0 Å². The standard InChI is InChI=1S/C13H28N2/c1-7-9-11(3)10-12(4)13(8-2)14-15(5)6/h11-12H,7-10H2,1-6H3/b14-13-. The Labute approximate surface area is 95.7 Å². The monoisotopic (exact) mass is 212 g/mol. The van der Waals surface area contributed by atoms with Crippen molar-refractivity contribution in [1.29, 1.82) is 0 Å². The average molecular weight is 212 g/mol. The quantitative estimate of drug-likeness (QED) is 0.463. The third-order valence-electron chi connectivity index (χ3n) is 2.80. The predicted octanol–water partition coefficient (Wildman–Crippen LogP) is 3.78. The Balaban J connectivity index is 4.21. The molecule has 0 aliphatic heterocycles. The molecule has 0 radical (unpaired) electrons. The summed E-state index contributed by atoms with van der Waals surface area (Å²) in [6, 6.07) is 0. The predicted molar refractivity (Wildman–Crippen MR) is 69.3 cm³/mol. The molecular formula is C13H28N2. The van der Waals surface area contributed by atoms with E-state index in [9.17, 15) is 0 Å². The SMILES string of the molecule is CCCC(C)CC(C)/C(CC)=N\N(C)C. The van der Waals surface area contributed by atoms with Crippen LogP contribution in [0.4, 0.5) is 0 Å². The largest absolute Gasteiger partial charge is 0.303 e. The number of rotatable bonds is 7. The number of hydrogen-bond donors (Lipinski definition) is 0. The first-order chi connectivity index (χ1) is 7.01. The molecule has 0 aliphatic rings. The van der Waals surface area contributed by atoms with E-state index < -0.39 is 0 Å². The van der Waals surface area contributed by atoms with E-state index in [-0.39, 0.29) is 0 Å². The minimum Gasteiger partial charge on any atom is -0.303 e. The lowest BCUT2D eigenvalue weighted by Crippen LogP contribution is -2.17. The molecular weight excluding hydrogens is 184 g/mol. The molecule has 0 aromatic carbocycles. The van der Waals surface area contributed by atoms with Gasteiger partial charge in [0.1, 0.15) is 0 Å². The van der Waals surface area contributed by atoms with Crippen LogP contribution in [0.3, 0.4) is 0 Å². The summed E-state index contributed by atoms with van der Waals surface area (Å²) in [5, 5.41) is 6.47. The summed E-state index contributed by atoms with van der Waals surface area (Å²) in [5.74, 6) is 1.45. The third kappa shape index (κ3) is 6.53.